The summed E-state index contributed by atoms with van der Waals surface area (Å²) >= 11 is 0. The van der Waals surface area contributed by atoms with E-state index in [2.05, 4.69) is 292 Å². The summed E-state index contributed by atoms with van der Waals surface area (Å²) in [6.45, 7) is 0. The minimum Gasteiger partial charge on any atom is -0.313 e. The Morgan fingerprint density at radius 1 is 0.382 bits per heavy atom. The Labute approximate surface area is 444 Å². The number of hydrogen-bond acceptors (Lipinski definition) is 2. The molecular formula is C72H56N4. The number of benzene rings is 9. The van der Waals surface area contributed by atoms with Crippen LogP contribution in [0.1, 0.15) is 43.6 Å². The fourth-order valence-corrected chi connectivity index (χ4v) is 12.0. The second kappa shape index (κ2) is 19.5. The molecule has 0 saturated heterocycles. The summed E-state index contributed by atoms with van der Waals surface area (Å²) in [7, 11) is 0. The number of rotatable bonds is 11. The lowest BCUT2D eigenvalue weighted by Crippen LogP contribution is -2.17. The first-order valence-corrected chi connectivity index (χ1v) is 26.9. The van der Waals surface area contributed by atoms with E-state index in [9.17, 15) is 0 Å². The smallest absolute Gasteiger partial charge is 0.0542 e. The third kappa shape index (κ3) is 8.20. The lowest BCUT2D eigenvalue weighted by atomic mass is 9.91. The van der Waals surface area contributed by atoms with Gasteiger partial charge >= 0.3 is 0 Å². The van der Waals surface area contributed by atoms with E-state index in [1.807, 2.05) is 0 Å². The maximum atomic E-state index is 2.46. The van der Waals surface area contributed by atoms with Crippen LogP contribution >= 0.6 is 0 Å². The first-order chi connectivity index (χ1) is 37.7. The zero-order valence-corrected chi connectivity index (χ0v) is 42.4. The molecule has 3 aliphatic carbocycles. The van der Waals surface area contributed by atoms with E-state index in [0.717, 1.165) is 66.1 Å². The summed E-state index contributed by atoms with van der Waals surface area (Å²) in [6, 6.07) is 80.5. The van der Waals surface area contributed by atoms with Crippen LogP contribution in [0.25, 0.3) is 77.3 Å². The fraction of sp³-hybridized carbons (Fsp3) is 0.0833. The van der Waals surface area contributed by atoms with Gasteiger partial charge in [0.2, 0.25) is 0 Å². The van der Waals surface area contributed by atoms with Gasteiger partial charge in [-0.1, -0.05) is 170 Å². The van der Waals surface area contributed by atoms with Crippen molar-refractivity contribution in [3.8, 4) is 22.3 Å². The second-order valence-corrected chi connectivity index (χ2v) is 20.3. The van der Waals surface area contributed by atoms with E-state index in [-0.39, 0.29) is 0 Å². The molecule has 0 spiro atoms. The zero-order valence-electron chi connectivity index (χ0n) is 42.4. The van der Waals surface area contributed by atoms with Gasteiger partial charge in [0.15, 0.2) is 0 Å². The van der Waals surface area contributed by atoms with Crippen molar-refractivity contribution in [3.63, 3.8) is 0 Å². The molecular weight excluding hydrogens is 921 g/mol. The van der Waals surface area contributed by atoms with Crippen molar-refractivity contribution >= 4 is 83.4 Å². The summed E-state index contributed by atoms with van der Waals surface area (Å²) in [6.07, 6.45) is 25.9. The number of nitrogens with zero attached hydrogens (tertiary/aromatic N) is 4. The van der Waals surface area contributed by atoms with E-state index in [1.165, 1.54) is 83.0 Å². The average molecular weight is 977 g/mol. The molecule has 76 heavy (non-hydrogen) atoms. The van der Waals surface area contributed by atoms with Gasteiger partial charge in [0, 0.05) is 73.0 Å². The Bertz CT molecular complexity index is 4160. The van der Waals surface area contributed by atoms with Crippen LogP contribution in [0, 0.1) is 0 Å². The third-order valence-electron chi connectivity index (χ3n) is 15.7. The molecule has 2 heterocycles. The predicted octanol–water partition coefficient (Wildman–Crippen LogP) is 19.9. The largest absolute Gasteiger partial charge is 0.313 e. The van der Waals surface area contributed by atoms with Crippen molar-refractivity contribution in [2.24, 2.45) is 0 Å². The summed E-state index contributed by atoms with van der Waals surface area (Å²) < 4.78 is 4.90. The van der Waals surface area contributed by atoms with Crippen LogP contribution in [0.5, 0.6) is 0 Å². The Morgan fingerprint density at radius 3 is 1.46 bits per heavy atom. The highest BCUT2D eigenvalue weighted by atomic mass is 15.2. The van der Waals surface area contributed by atoms with Crippen LogP contribution < -0.4 is 9.80 Å². The number of fused-ring (bicyclic) bond motifs is 6. The summed E-state index contributed by atoms with van der Waals surface area (Å²) in [5.41, 5.74) is 20.3. The van der Waals surface area contributed by atoms with Crippen LogP contribution in [-0.4, -0.2) is 9.13 Å². The van der Waals surface area contributed by atoms with Gasteiger partial charge in [0.25, 0.3) is 0 Å². The van der Waals surface area contributed by atoms with Crippen molar-refractivity contribution in [1.29, 1.82) is 0 Å². The molecule has 11 aromatic rings. The Kier molecular flexibility index (Phi) is 11.6. The van der Waals surface area contributed by atoms with Gasteiger partial charge in [-0.25, -0.2) is 0 Å². The minimum absolute atomic E-state index is 0.339. The number of hydrogen-bond donors (Lipinski definition) is 0. The third-order valence-corrected chi connectivity index (χ3v) is 15.7. The van der Waals surface area contributed by atoms with Crippen molar-refractivity contribution < 1.29 is 0 Å². The molecule has 0 fully saturated rings. The molecule has 0 N–H and O–H groups in total. The molecule has 0 bridgehead atoms. The van der Waals surface area contributed by atoms with Crippen LogP contribution in [0.15, 0.2) is 279 Å². The maximum Gasteiger partial charge on any atom is 0.0542 e. The number of aromatic nitrogens is 2. The van der Waals surface area contributed by atoms with Crippen LogP contribution in [0.4, 0.5) is 28.4 Å². The standard InChI is InChI=1S/C72H56N4/c1-5-17-51(18-6-1)53-29-37-59(38-30-53)73(63-45-47-71-67(49-63)65-25-13-15-27-69(65)75(71)57-21-9-3-10-22-57)61-41-33-55(34-42-61)56-35-43-62(44-36-56)74(60-39-31-54(32-40-60)52-19-7-2-8-20-52)64-46-48-72-68(50-64)66-26-14-16-28-70(66)76(72)58-23-11-4-12-24-58/h1-3,5-9,11,13-21,23-31,33-50,54H,4,10,12,22,32H2. The van der Waals surface area contributed by atoms with E-state index in [1.54, 1.807) is 0 Å². The molecule has 0 radical (unpaired) electrons. The fourth-order valence-electron chi connectivity index (χ4n) is 12.0. The number of allylic oxidation sites excluding steroid dienone is 11. The molecule has 3 aliphatic rings. The van der Waals surface area contributed by atoms with Crippen molar-refractivity contribution in [2.75, 3.05) is 9.80 Å². The Hall–Kier alpha value is -9.38. The summed E-state index contributed by atoms with van der Waals surface area (Å²) in [5, 5.41) is 5.02. The van der Waals surface area contributed by atoms with Gasteiger partial charge in [0.05, 0.1) is 22.1 Å². The Morgan fingerprint density at radius 2 is 0.895 bits per heavy atom. The molecule has 0 saturated carbocycles. The highest BCUT2D eigenvalue weighted by Gasteiger charge is 2.23. The molecule has 0 amide bonds. The zero-order chi connectivity index (χ0) is 50.4. The van der Waals surface area contributed by atoms with E-state index >= 15 is 0 Å². The summed E-state index contributed by atoms with van der Waals surface area (Å²) in [4.78, 5) is 4.84. The lowest BCUT2D eigenvalue weighted by Gasteiger charge is -2.29. The highest BCUT2D eigenvalue weighted by molar-refractivity contribution is 6.13. The van der Waals surface area contributed by atoms with Gasteiger partial charge in [-0.15, -0.1) is 0 Å². The van der Waals surface area contributed by atoms with Crippen molar-refractivity contribution in [2.45, 2.75) is 38.0 Å². The normalized spacial score (nSPS) is 15.3. The van der Waals surface area contributed by atoms with Crippen LogP contribution in [-0.2, 0) is 0 Å². The quantitative estimate of drug-likeness (QED) is 0.128. The van der Waals surface area contributed by atoms with Gasteiger partial charge in [-0.3, -0.25) is 0 Å². The molecule has 2 aromatic heterocycles. The molecule has 14 rings (SSSR count). The van der Waals surface area contributed by atoms with Gasteiger partial charge in [-0.05, 0) is 163 Å². The monoisotopic (exact) mass is 976 g/mol. The first-order valence-electron chi connectivity index (χ1n) is 26.9. The number of anilines is 5. The van der Waals surface area contributed by atoms with Crippen LogP contribution in [0.2, 0.25) is 0 Å². The SMILES string of the molecule is C1=CCCC(n2c3ccccc3c3cc(N(c4ccc(-c5ccccc5)cc4)c4ccc(-c5ccc(N(C6=CCC(c7ccccc7)C=C6)c6ccc7c(c6)c6ccccc6n7C6=CCCC=C6)cc5)cc4)ccc32)=C1. The predicted molar refractivity (Wildman–Crippen MR) is 323 cm³/mol. The topological polar surface area (TPSA) is 16.3 Å². The lowest BCUT2D eigenvalue weighted by molar-refractivity contribution is 0.840. The van der Waals surface area contributed by atoms with Crippen molar-refractivity contribution in [1.82, 2.24) is 9.13 Å². The summed E-state index contributed by atoms with van der Waals surface area (Å²) in [5.74, 6) is 0.339. The van der Waals surface area contributed by atoms with Gasteiger partial charge in [-0.2, -0.15) is 0 Å². The van der Waals surface area contributed by atoms with Gasteiger partial charge in [0.1, 0.15) is 0 Å². The van der Waals surface area contributed by atoms with E-state index in [4.69, 9.17) is 0 Å². The Balaban J connectivity index is 0.830. The minimum atomic E-state index is 0.339. The van der Waals surface area contributed by atoms with Gasteiger partial charge < -0.3 is 18.9 Å². The molecule has 364 valence electrons. The molecule has 0 aliphatic heterocycles. The maximum absolute atomic E-state index is 2.46. The number of para-hydroxylation sites is 2. The molecule has 9 aromatic carbocycles. The van der Waals surface area contributed by atoms with E-state index < -0.39 is 0 Å². The highest BCUT2D eigenvalue weighted by Crippen LogP contribution is 2.44. The molecule has 4 nitrogen and oxygen atoms in total. The molecule has 1 atom stereocenters. The second-order valence-electron chi connectivity index (χ2n) is 20.3. The first kappa shape index (κ1) is 45.3. The van der Waals surface area contributed by atoms with E-state index in [0.29, 0.717) is 5.92 Å². The average Bonchev–Trinajstić information content (AvgIpc) is 4.02. The molecule has 4 heteroatoms. The van der Waals surface area contributed by atoms with Crippen LogP contribution in [0.3, 0.4) is 0 Å². The molecule has 1 unspecified atom stereocenters. The van der Waals surface area contributed by atoms with Crippen molar-refractivity contribution in [3.05, 3.63) is 284 Å².